The molecule has 0 aliphatic carbocycles. The van der Waals surface area contributed by atoms with Crippen LogP contribution in [0, 0.1) is 17.1 Å². The zero-order valence-electron chi connectivity index (χ0n) is 14.7. The standard InChI is InChI=1S/C22H11Cl2FN2O2/c23-13-4-6-15(7-5-13)29-20-9-14(25)8-18-21(20)19(28)10-17(27-18)16-3-1-2-12(11-26)22(16)24/h1-10H,(H,27,28). The first kappa shape index (κ1) is 19.0. The van der Waals surface area contributed by atoms with Crippen molar-refractivity contribution in [2.45, 2.75) is 0 Å². The first-order valence-electron chi connectivity index (χ1n) is 8.45. The number of ether oxygens (including phenoxy) is 1. The van der Waals surface area contributed by atoms with Crippen molar-refractivity contribution in [2.24, 2.45) is 0 Å². The van der Waals surface area contributed by atoms with Crippen molar-refractivity contribution in [1.29, 1.82) is 5.26 Å². The molecule has 4 aromatic rings. The molecule has 1 N–H and O–H groups in total. The van der Waals surface area contributed by atoms with Crippen LogP contribution < -0.4 is 10.2 Å². The van der Waals surface area contributed by atoms with E-state index in [1.807, 2.05) is 6.07 Å². The third kappa shape index (κ3) is 3.68. The number of H-pyrrole nitrogens is 1. The number of fused-ring (bicyclic) bond motifs is 1. The van der Waals surface area contributed by atoms with Crippen LogP contribution >= 0.6 is 23.2 Å². The molecule has 4 rings (SSSR count). The Hall–Kier alpha value is -3.33. The highest BCUT2D eigenvalue weighted by Crippen LogP contribution is 2.33. The number of hydrogen-bond donors (Lipinski definition) is 1. The maximum absolute atomic E-state index is 14.2. The minimum atomic E-state index is -0.578. The number of nitrogens with one attached hydrogen (secondary N) is 1. The predicted molar refractivity (Wildman–Crippen MR) is 111 cm³/mol. The first-order chi connectivity index (χ1) is 14.0. The number of aromatic nitrogens is 1. The molecule has 1 aromatic heterocycles. The highest BCUT2D eigenvalue weighted by atomic mass is 35.5. The van der Waals surface area contributed by atoms with Crippen LogP contribution in [0.15, 0.2) is 65.5 Å². The molecule has 29 heavy (non-hydrogen) atoms. The smallest absolute Gasteiger partial charge is 0.193 e. The minimum absolute atomic E-state index is 0.0759. The topological polar surface area (TPSA) is 65.9 Å². The van der Waals surface area contributed by atoms with Crippen LogP contribution in [0.2, 0.25) is 10.0 Å². The third-order valence-electron chi connectivity index (χ3n) is 4.31. The van der Waals surface area contributed by atoms with Crippen molar-refractivity contribution in [1.82, 2.24) is 4.98 Å². The molecule has 0 atom stereocenters. The van der Waals surface area contributed by atoms with E-state index >= 15 is 0 Å². The van der Waals surface area contributed by atoms with Gasteiger partial charge in [0, 0.05) is 22.7 Å². The molecule has 4 nitrogen and oxygen atoms in total. The van der Waals surface area contributed by atoms with Gasteiger partial charge in [-0.05, 0) is 36.4 Å². The van der Waals surface area contributed by atoms with Gasteiger partial charge in [0.15, 0.2) is 5.43 Å². The molecule has 7 heteroatoms. The van der Waals surface area contributed by atoms with E-state index in [-0.39, 0.29) is 32.7 Å². The summed E-state index contributed by atoms with van der Waals surface area (Å²) in [5.41, 5.74) is 0.976. The Balaban J connectivity index is 1.89. The second-order valence-electron chi connectivity index (χ2n) is 6.21. The van der Waals surface area contributed by atoms with Crippen molar-refractivity contribution >= 4 is 34.1 Å². The summed E-state index contributed by atoms with van der Waals surface area (Å²) < 4.78 is 20.0. The number of halogens is 3. The summed E-state index contributed by atoms with van der Waals surface area (Å²) >= 11 is 12.1. The van der Waals surface area contributed by atoms with E-state index in [0.717, 1.165) is 6.07 Å². The molecular weight excluding hydrogens is 414 g/mol. The average molecular weight is 425 g/mol. The molecule has 0 aliphatic rings. The van der Waals surface area contributed by atoms with Crippen LogP contribution in [-0.2, 0) is 0 Å². The Morgan fingerprint density at radius 2 is 1.79 bits per heavy atom. The number of nitriles is 1. The van der Waals surface area contributed by atoms with Crippen LogP contribution in [0.5, 0.6) is 11.5 Å². The van der Waals surface area contributed by atoms with Crippen LogP contribution in [0.1, 0.15) is 5.56 Å². The molecule has 0 saturated carbocycles. The van der Waals surface area contributed by atoms with Gasteiger partial charge in [0.05, 0.1) is 27.2 Å². The number of hydrogen-bond acceptors (Lipinski definition) is 3. The van der Waals surface area contributed by atoms with Crippen molar-refractivity contribution in [3.63, 3.8) is 0 Å². The molecule has 0 aliphatic heterocycles. The number of nitrogens with zero attached hydrogens (tertiary/aromatic N) is 1. The quantitative estimate of drug-likeness (QED) is 0.419. The number of pyridine rings is 1. The predicted octanol–water partition coefficient (Wildman–Crippen LogP) is 6.30. The lowest BCUT2D eigenvalue weighted by molar-refractivity contribution is 0.482. The van der Waals surface area contributed by atoms with Gasteiger partial charge in [-0.25, -0.2) is 4.39 Å². The molecule has 0 unspecified atom stereocenters. The second-order valence-corrected chi connectivity index (χ2v) is 7.02. The molecule has 0 spiro atoms. The lowest BCUT2D eigenvalue weighted by Gasteiger charge is -2.12. The largest absolute Gasteiger partial charge is 0.456 e. The second kappa shape index (κ2) is 7.59. The fraction of sp³-hybridized carbons (Fsp3) is 0. The molecule has 0 radical (unpaired) electrons. The van der Waals surface area contributed by atoms with E-state index in [1.165, 1.54) is 12.1 Å². The van der Waals surface area contributed by atoms with E-state index in [2.05, 4.69) is 4.98 Å². The fourth-order valence-corrected chi connectivity index (χ4v) is 3.40. The van der Waals surface area contributed by atoms with Crippen LogP contribution in [0.4, 0.5) is 4.39 Å². The van der Waals surface area contributed by atoms with E-state index in [1.54, 1.807) is 42.5 Å². The maximum atomic E-state index is 14.2. The van der Waals surface area contributed by atoms with Gasteiger partial charge in [-0.15, -0.1) is 0 Å². The monoisotopic (exact) mass is 424 g/mol. The fourth-order valence-electron chi connectivity index (χ4n) is 3.00. The van der Waals surface area contributed by atoms with Crippen LogP contribution in [-0.4, -0.2) is 4.98 Å². The SMILES string of the molecule is N#Cc1cccc(-c2cc(=O)c3c(Oc4ccc(Cl)cc4)cc(F)cc3[nH]2)c1Cl. The molecule has 0 saturated heterocycles. The highest BCUT2D eigenvalue weighted by Gasteiger charge is 2.15. The van der Waals surface area contributed by atoms with Crippen molar-refractivity contribution < 1.29 is 9.13 Å². The Morgan fingerprint density at radius 1 is 1.03 bits per heavy atom. The number of benzene rings is 3. The lowest BCUT2D eigenvalue weighted by Crippen LogP contribution is -2.05. The van der Waals surface area contributed by atoms with Crippen molar-refractivity contribution in [3.8, 4) is 28.8 Å². The summed E-state index contributed by atoms with van der Waals surface area (Å²) in [4.78, 5) is 15.9. The van der Waals surface area contributed by atoms with Gasteiger partial charge in [0.1, 0.15) is 23.4 Å². The van der Waals surface area contributed by atoms with Gasteiger partial charge < -0.3 is 9.72 Å². The zero-order chi connectivity index (χ0) is 20.5. The van der Waals surface area contributed by atoms with E-state index in [0.29, 0.717) is 22.0 Å². The molecule has 1 heterocycles. The summed E-state index contributed by atoms with van der Waals surface area (Å²) in [6.07, 6.45) is 0. The molecular formula is C22H11Cl2FN2O2. The van der Waals surface area contributed by atoms with Gasteiger partial charge in [0.25, 0.3) is 0 Å². The molecule has 142 valence electrons. The van der Waals surface area contributed by atoms with E-state index in [4.69, 9.17) is 33.2 Å². The van der Waals surface area contributed by atoms with Gasteiger partial charge in [-0.2, -0.15) is 5.26 Å². The van der Waals surface area contributed by atoms with Gasteiger partial charge in [-0.1, -0.05) is 35.3 Å². The normalized spacial score (nSPS) is 10.7. The van der Waals surface area contributed by atoms with Gasteiger partial charge in [-0.3, -0.25) is 4.79 Å². The maximum Gasteiger partial charge on any atom is 0.193 e. The number of rotatable bonds is 3. The lowest BCUT2D eigenvalue weighted by atomic mass is 10.1. The van der Waals surface area contributed by atoms with Crippen molar-refractivity contribution in [2.75, 3.05) is 0 Å². The summed E-state index contributed by atoms with van der Waals surface area (Å²) in [5.74, 6) is -0.0901. The van der Waals surface area contributed by atoms with Crippen molar-refractivity contribution in [3.05, 3.63) is 92.3 Å². The van der Waals surface area contributed by atoms with Crippen LogP contribution in [0.25, 0.3) is 22.2 Å². The van der Waals surface area contributed by atoms with Gasteiger partial charge >= 0.3 is 0 Å². The minimum Gasteiger partial charge on any atom is -0.456 e. The third-order valence-corrected chi connectivity index (χ3v) is 4.97. The Labute approximate surface area is 174 Å². The molecule has 3 aromatic carbocycles. The zero-order valence-corrected chi connectivity index (χ0v) is 16.2. The van der Waals surface area contributed by atoms with Gasteiger partial charge in [0.2, 0.25) is 0 Å². The summed E-state index contributed by atoms with van der Waals surface area (Å²) in [7, 11) is 0. The Morgan fingerprint density at radius 3 is 2.52 bits per heavy atom. The molecule has 0 amide bonds. The molecule has 0 bridgehead atoms. The Bertz CT molecular complexity index is 1340. The number of aromatic amines is 1. The Kier molecular flexibility index (Phi) is 4.98. The first-order valence-corrected chi connectivity index (χ1v) is 9.21. The average Bonchev–Trinajstić information content (AvgIpc) is 2.69. The summed E-state index contributed by atoms with van der Waals surface area (Å²) in [6, 6.07) is 17.1. The highest BCUT2D eigenvalue weighted by molar-refractivity contribution is 6.34. The molecule has 0 fully saturated rings. The van der Waals surface area contributed by atoms with E-state index in [9.17, 15) is 9.18 Å². The van der Waals surface area contributed by atoms with Crippen LogP contribution in [0.3, 0.4) is 0 Å². The van der Waals surface area contributed by atoms with E-state index < -0.39 is 5.82 Å². The summed E-state index contributed by atoms with van der Waals surface area (Å²) in [5, 5.41) is 10.1. The summed E-state index contributed by atoms with van der Waals surface area (Å²) in [6.45, 7) is 0.